The van der Waals surface area contributed by atoms with Crippen molar-refractivity contribution < 1.29 is 4.79 Å². The number of halogens is 1. The molecular weight excluding hydrogens is 298 g/mol. The first-order valence-corrected chi connectivity index (χ1v) is 6.02. The van der Waals surface area contributed by atoms with Crippen molar-refractivity contribution in [3.63, 3.8) is 0 Å². The van der Waals surface area contributed by atoms with Gasteiger partial charge in [-0.3, -0.25) is 4.79 Å². The van der Waals surface area contributed by atoms with Crippen molar-refractivity contribution in [2.45, 2.75) is 6.54 Å². The van der Waals surface area contributed by atoms with E-state index in [1.54, 1.807) is 31.7 Å². The summed E-state index contributed by atoms with van der Waals surface area (Å²) in [5.41, 5.74) is 6.07. The van der Waals surface area contributed by atoms with Gasteiger partial charge in [-0.2, -0.15) is 0 Å². The number of carbonyl (C=O) groups excluding carboxylic acids is 1. The maximum Gasteiger partial charge on any atom is 0.257 e. The van der Waals surface area contributed by atoms with Crippen LogP contribution in [-0.2, 0) is 6.54 Å². The molecule has 2 rings (SSSR count). The minimum absolute atomic E-state index is 0.197. The fourth-order valence-corrected chi connectivity index (χ4v) is 1.84. The summed E-state index contributed by atoms with van der Waals surface area (Å²) in [6, 6.07) is 1.66. The monoisotopic (exact) mass is 309 g/mol. The fourth-order valence-electron chi connectivity index (χ4n) is 1.51. The smallest absolute Gasteiger partial charge is 0.257 e. The van der Waals surface area contributed by atoms with Crippen LogP contribution in [0.25, 0.3) is 0 Å². The summed E-state index contributed by atoms with van der Waals surface area (Å²) in [4.78, 5) is 24.7. The average Bonchev–Trinajstić information content (AvgIpc) is 2.84. The van der Waals surface area contributed by atoms with E-state index in [9.17, 15) is 4.79 Å². The normalized spacial score (nSPS) is 10.3. The van der Waals surface area contributed by atoms with E-state index in [1.165, 1.54) is 4.90 Å². The molecule has 94 valence electrons. The Balaban J connectivity index is 2.17. The first-order valence-electron chi connectivity index (χ1n) is 5.22. The van der Waals surface area contributed by atoms with Gasteiger partial charge in [-0.25, -0.2) is 9.97 Å². The van der Waals surface area contributed by atoms with Crippen molar-refractivity contribution in [3.8, 4) is 0 Å². The Morgan fingerprint density at radius 3 is 3.00 bits per heavy atom. The number of amides is 1. The molecule has 0 bridgehead atoms. The molecule has 1 amide bonds. The van der Waals surface area contributed by atoms with Crippen molar-refractivity contribution in [1.82, 2.24) is 19.9 Å². The molecule has 0 saturated heterocycles. The van der Waals surface area contributed by atoms with Crippen LogP contribution >= 0.6 is 15.9 Å². The number of hydrogen-bond donors (Lipinski definition) is 2. The maximum absolute atomic E-state index is 12.2. The third-order valence-corrected chi connectivity index (χ3v) is 2.84. The zero-order valence-corrected chi connectivity index (χ0v) is 11.3. The van der Waals surface area contributed by atoms with Gasteiger partial charge in [0.05, 0.1) is 12.1 Å². The van der Waals surface area contributed by atoms with Gasteiger partial charge in [-0.1, -0.05) is 0 Å². The first-order chi connectivity index (χ1) is 8.58. The SMILES string of the molecule is CN(Cc1ncc[nH]1)C(=O)c1cc(Br)cnc1N. The van der Waals surface area contributed by atoms with Crippen molar-refractivity contribution in [3.05, 3.63) is 40.5 Å². The highest BCUT2D eigenvalue weighted by molar-refractivity contribution is 9.10. The lowest BCUT2D eigenvalue weighted by Gasteiger charge is -2.16. The average molecular weight is 310 g/mol. The molecule has 7 heteroatoms. The van der Waals surface area contributed by atoms with Crippen LogP contribution in [0.5, 0.6) is 0 Å². The Kier molecular flexibility index (Phi) is 3.61. The zero-order valence-electron chi connectivity index (χ0n) is 9.72. The van der Waals surface area contributed by atoms with E-state index in [4.69, 9.17) is 5.73 Å². The number of imidazole rings is 1. The Morgan fingerprint density at radius 1 is 1.56 bits per heavy atom. The van der Waals surface area contributed by atoms with E-state index in [0.717, 1.165) is 0 Å². The topological polar surface area (TPSA) is 87.9 Å². The highest BCUT2D eigenvalue weighted by Crippen LogP contribution is 2.17. The van der Waals surface area contributed by atoms with Crippen molar-refractivity contribution in [1.29, 1.82) is 0 Å². The largest absolute Gasteiger partial charge is 0.383 e. The minimum Gasteiger partial charge on any atom is -0.383 e. The number of carbonyl (C=O) groups is 1. The summed E-state index contributed by atoms with van der Waals surface area (Å²) in [5.74, 6) is 0.736. The van der Waals surface area contributed by atoms with Gasteiger partial charge in [-0.15, -0.1) is 0 Å². The number of rotatable bonds is 3. The Morgan fingerprint density at radius 2 is 2.33 bits per heavy atom. The summed E-state index contributed by atoms with van der Waals surface area (Å²) in [7, 11) is 1.69. The molecule has 0 fully saturated rings. The van der Waals surface area contributed by atoms with E-state index in [-0.39, 0.29) is 11.7 Å². The molecule has 0 aromatic carbocycles. The third-order valence-electron chi connectivity index (χ3n) is 2.40. The van der Waals surface area contributed by atoms with Crippen LogP contribution in [0.3, 0.4) is 0 Å². The number of nitrogens with zero attached hydrogens (tertiary/aromatic N) is 3. The van der Waals surface area contributed by atoms with Gasteiger partial charge in [-0.05, 0) is 22.0 Å². The fraction of sp³-hybridized carbons (Fsp3) is 0.182. The van der Waals surface area contributed by atoms with Gasteiger partial charge >= 0.3 is 0 Å². The summed E-state index contributed by atoms with van der Waals surface area (Å²) >= 11 is 3.27. The maximum atomic E-state index is 12.2. The molecule has 3 N–H and O–H groups in total. The van der Waals surface area contributed by atoms with Crippen molar-refractivity contribution >= 4 is 27.7 Å². The lowest BCUT2D eigenvalue weighted by Crippen LogP contribution is -2.27. The molecule has 0 aliphatic carbocycles. The number of anilines is 1. The zero-order chi connectivity index (χ0) is 13.1. The summed E-state index contributed by atoms with van der Waals surface area (Å²) in [6.45, 7) is 0.387. The lowest BCUT2D eigenvalue weighted by atomic mass is 10.2. The van der Waals surface area contributed by atoms with Gasteiger partial charge in [0.15, 0.2) is 0 Å². The Labute approximate surface area is 112 Å². The number of H-pyrrole nitrogens is 1. The highest BCUT2D eigenvalue weighted by atomic mass is 79.9. The van der Waals surface area contributed by atoms with Gasteiger partial charge in [0.1, 0.15) is 11.6 Å². The van der Waals surface area contributed by atoms with Crippen LogP contribution in [0.1, 0.15) is 16.2 Å². The molecule has 0 radical (unpaired) electrons. The number of aromatic amines is 1. The molecule has 2 aromatic rings. The molecule has 0 aliphatic heterocycles. The number of nitrogens with two attached hydrogens (primary N) is 1. The Bertz CT molecular complexity index is 555. The quantitative estimate of drug-likeness (QED) is 0.897. The van der Waals surface area contributed by atoms with Crippen molar-refractivity contribution in [2.24, 2.45) is 0 Å². The number of pyridine rings is 1. The minimum atomic E-state index is -0.197. The van der Waals surface area contributed by atoms with Crippen LogP contribution in [-0.4, -0.2) is 32.8 Å². The van der Waals surface area contributed by atoms with E-state index in [2.05, 4.69) is 30.9 Å². The van der Waals surface area contributed by atoms with E-state index >= 15 is 0 Å². The van der Waals surface area contributed by atoms with E-state index in [0.29, 0.717) is 22.4 Å². The number of nitrogens with one attached hydrogen (secondary N) is 1. The second-order valence-corrected chi connectivity index (χ2v) is 4.70. The van der Waals surface area contributed by atoms with Crippen LogP contribution in [0.15, 0.2) is 29.1 Å². The molecule has 0 unspecified atom stereocenters. The van der Waals surface area contributed by atoms with Crippen molar-refractivity contribution in [2.75, 3.05) is 12.8 Å². The molecule has 2 heterocycles. The molecular formula is C11H12BrN5O. The predicted octanol–water partition coefficient (Wildman–Crippen LogP) is 1.42. The lowest BCUT2D eigenvalue weighted by molar-refractivity contribution is 0.0782. The van der Waals surface area contributed by atoms with Gasteiger partial charge in [0.2, 0.25) is 0 Å². The molecule has 2 aromatic heterocycles. The van der Waals surface area contributed by atoms with E-state index < -0.39 is 0 Å². The standard InChI is InChI=1S/C11H12BrN5O/c1-17(6-9-14-2-3-15-9)11(18)8-4-7(12)5-16-10(8)13/h2-5H,6H2,1H3,(H2,13,16)(H,14,15). The first kappa shape index (κ1) is 12.6. The number of hydrogen-bond acceptors (Lipinski definition) is 4. The number of nitrogen functional groups attached to an aromatic ring is 1. The van der Waals surface area contributed by atoms with Gasteiger partial charge in [0.25, 0.3) is 5.91 Å². The summed E-state index contributed by atoms with van der Waals surface area (Å²) < 4.78 is 0.714. The van der Waals surface area contributed by atoms with Crippen LogP contribution in [0.2, 0.25) is 0 Å². The van der Waals surface area contributed by atoms with E-state index in [1.807, 2.05) is 0 Å². The second kappa shape index (κ2) is 5.18. The molecule has 0 atom stereocenters. The summed E-state index contributed by atoms with van der Waals surface area (Å²) in [6.07, 6.45) is 4.91. The van der Waals surface area contributed by atoms with Gasteiger partial charge < -0.3 is 15.6 Å². The van der Waals surface area contributed by atoms with Gasteiger partial charge in [0, 0.05) is 30.1 Å². The Hall–Kier alpha value is -1.89. The molecule has 0 aliphatic rings. The second-order valence-electron chi connectivity index (χ2n) is 3.78. The third kappa shape index (κ3) is 2.67. The molecule has 6 nitrogen and oxygen atoms in total. The van der Waals surface area contributed by atoms with Crippen LogP contribution in [0, 0.1) is 0 Å². The molecule has 0 spiro atoms. The van der Waals surface area contributed by atoms with Crippen LogP contribution in [0.4, 0.5) is 5.82 Å². The van der Waals surface area contributed by atoms with Crippen LogP contribution < -0.4 is 5.73 Å². The predicted molar refractivity (Wildman–Crippen MR) is 70.7 cm³/mol. The molecule has 18 heavy (non-hydrogen) atoms. The summed E-state index contributed by atoms with van der Waals surface area (Å²) in [5, 5.41) is 0. The highest BCUT2D eigenvalue weighted by Gasteiger charge is 2.16. The molecule has 0 saturated carbocycles. The number of aromatic nitrogens is 3.